The SMILES string of the molecule is COC(=O)c1ccc2nc(CN3CCC(c4cccc(OCc5ccc(C#N)cc5F)n4)CC3)n(CCS(C)(=O)=O)c2c1. The molecule has 2 aromatic heterocycles. The van der Waals surface area contributed by atoms with E-state index in [-0.39, 0.29) is 30.4 Å². The Hall–Kier alpha value is -4.34. The number of carbonyl (C=O) groups excluding carboxylic acids is 1. The normalized spacial score (nSPS) is 14.5. The van der Waals surface area contributed by atoms with Crippen LogP contribution >= 0.6 is 0 Å². The highest BCUT2D eigenvalue weighted by atomic mass is 32.2. The number of rotatable bonds is 10. The van der Waals surface area contributed by atoms with Crippen LogP contribution in [0.15, 0.2) is 54.6 Å². The summed E-state index contributed by atoms with van der Waals surface area (Å²) in [5.74, 6) is 0.371. The van der Waals surface area contributed by atoms with Gasteiger partial charge in [0.2, 0.25) is 5.88 Å². The maximum absolute atomic E-state index is 14.2. The number of nitrogens with zero attached hydrogens (tertiary/aromatic N) is 5. The number of carbonyl (C=O) groups is 1. The van der Waals surface area contributed by atoms with E-state index in [0.717, 1.165) is 37.4 Å². The quantitative estimate of drug-likeness (QED) is 0.244. The van der Waals surface area contributed by atoms with Crippen LogP contribution in [0.1, 0.15) is 51.8 Å². The van der Waals surface area contributed by atoms with Gasteiger partial charge in [-0.05, 0) is 62.3 Å². The van der Waals surface area contributed by atoms with Crippen molar-refractivity contribution in [3.8, 4) is 11.9 Å². The number of piperidine rings is 1. The van der Waals surface area contributed by atoms with Crippen LogP contribution in [0, 0.1) is 17.1 Å². The Morgan fingerprint density at radius 3 is 2.60 bits per heavy atom. The number of sulfone groups is 1. The van der Waals surface area contributed by atoms with Crippen molar-refractivity contribution in [1.82, 2.24) is 19.4 Å². The van der Waals surface area contributed by atoms with Crippen molar-refractivity contribution in [2.24, 2.45) is 0 Å². The number of ether oxygens (including phenoxy) is 2. The summed E-state index contributed by atoms with van der Waals surface area (Å²) in [4.78, 5) is 23.9. The zero-order chi connectivity index (χ0) is 30.6. The second kappa shape index (κ2) is 12.9. The zero-order valence-corrected chi connectivity index (χ0v) is 24.8. The van der Waals surface area contributed by atoms with E-state index in [9.17, 15) is 17.6 Å². The van der Waals surface area contributed by atoms with Crippen molar-refractivity contribution in [2.75, 3.05) is 32.2 Å². The monoisotopic (exact) mass is 605 g/mol. The van der Waals surface area contributed by atoms with E-state index in [1.165, 1.54) is 19.4 Å². The van der Waals surface area contributed by atoms with Crippen LogP contribution in [0.5, 0.6) is 5.88 Å². The molecule has 43 heavy (non-hydrogen) atoms. The lowest BCUT2D eigenvalue weighted by molar-refractivity contribution is 0.0601. The van der Waals surface area contributed by atoms with E-state index in [2.05, 4.69) is 9.88 Å². The highest BCUT2D eigenvalue weighted by Crippen LogP contribution is 2.29. The lowest BCUT2D eigenvalue weighted by atomic mass is 9.93. The first-order chi connectivity index (χ1) is 20.6. The maximum atomic E-state index is 14.2. The number of imidazole rings is 1. The third-order valence-corrected chi connectivity index (χ3v) is 8.53. The number of likely N-dealkylation sites (tertiary alicyclic amines) is 1. The number of fused-ring (bicyclic) bond motifs is 1. The number of halogens is 1. The summed E-state index contributed by atoms with van der Waals surface area (Å²) in [5.41, 5.74) is 3.28. The fraction of sp³-hybridized carbons (Fsp3) is 0.355. The predicted octanol–water partition coefficient (Wildman–Crippen LogP) is 4.23. The van der Waals surface area contributed by atoms with Crippen LogP contribution in [-0.4, -0.2) is 66.0 Å². The largest absolute Gasteiger partial charge is 0.473 e. The standard InChI is InChI=1S/C31H32FN5O5S/c1-41-31(38)23-8-9-27-28(17-23)37(14-15-43(2,39)40)29(34-27)19-36-12-10-22(11-13-36)26-4-3-5-30(35-26)42-20-24-7-6-21(18-33)16-25(24)32/h3-9,16-17,22H,10-15,19-20H2,1-2H3. The first-order valence-corrected chi connectivity index (χ1v) is 16.0. The summed E-state index contributed by atoms with van der Waals surface area (Å²) in [5, 5.41) is 8.93. The Labute approximate surface area is 249 Å². The number of nitriles is 1. The summed E-state index contributed by atoms with van der Waals surface area (Å²) >= 11 is 0. The number of pyridine rings is 1. The van der Waals surface area contributed by atoms with Crippen molar-refractivity contribution in [3.63, 3.8) is 0 Å². The van der Waals surface area contributed by atoms with Gasteiger partial charge < -0.3 is 14.0 Å². The average molecular weight is 606 g/mol. The van der Waals surface area contributed by atoms with E-state index < -0.39 is 21.6 Å². The molecule has 0 bridgehead atoms. The molecule has 3 heterocycles. The average Bonchev–Trinajstić information content (AvgIpc) is 3.35. The molecule has 1 saturated heterocycles. The van der Waals surface area contributed by atoms with E-state index in [4.69, 9.17) is 19.7 Å². The van der Waals surface area contributed by atoms with Crippen LogP contribution < -0.4 is 4.74 Å². The molecule has 5 rings (SSSR count). The van der Waals surface area contributed by atoms with Crippen LogP contribution in [-0.2, 0) is 34.3 Å². The molecule has 0 aliphatic carbocycles. The molecule has 0 amide bonds. The van der Waals surface area contributed by atoms with Gasteiger partial charge in [0, 0.05) is 36.0 Å². The minimum atomic E-state index is -3.22. The van der Waals surface area contributed by atoms with E-state index in [0.29, 0.717) is 34.6 Å². The van der Waals surface area contributed by atoms with Gasteiger partial charge in [0.05, 0.1) is 47.6 Å². The topological polar surface area (TPSA) is 127 Å². The van der Waals surface area contributed by atoms with Crippen molar-refractivity contribution >= 4 is 26.8 Å². The molecule has 0 N–H and O–H groups in total. The molecular weight excluding hydrogens is 573 g/mol. The van der Waals surface area contributed by atoms with Crippen LogP contribution in [0.4, 0.5) is 4.39 Å². The Morgan fingerprint density at radius 1 is 1.12 bits per heavy atom. The molecule has 0 spiro atoms. The zero-order valence-electron chi connectivity index (χ0n) is 24.0. The molecule has 0 atom stereocenters. The van der Waals surface area contributed by atoms with E-state index in [1.807, 2.05) is 22.8 Å². The Balaban J connectivity index is 1.25. The molecule has 0 radical (unpaired) electrons. The smallest absolute Gasteiger partial charge is 0.337 e. The Morgan fingerprint density at radius 2 is 1.91 bits per heavy atom. The summed E-state index contributed by atoms with van der Waals surface area (Å²) < 4.78 is 50.7. The van der Waals surface area contributed by atoms with Gasteiger partial charge in [-0.3, -0.25) is 4.90 Å². The van der Waals surface area contributed by atoms with Gasteiger partial charge >= 0.3 is 5.97 Å². The predicted molar refractivity (Wildman–Crippen MR) is 158 cm³/mol. The number of methoxy groups -OCH3 is 1. The number of aromatic nitrogens is 3. The van der Waals surface area contributed by atoms with Gasteiger partial charge in [0.25, 0.3) is 0 Å². The van der Waals surface area contributed by atoms with Crippen molar-refractivity contribution in [1.29, 1.82) is 5.26 Å². The van der Waals surface area contributed by atoms with Gasteiger partial charge in [-0.1, -0.05) is 12.1 Å². The van der Waals surface area contributed by atoms with Gasteiger partial charge in [0.1, 0.15) is 28.1 Å². The molecule has 0 unspecified atom stereocenters. The van der Waals surface area contributed by atoms with Crippen LogP contribution in [0.25, 0.3) is 11.0 Å². The second-order valence-electron chi connectivity index (χ2n) is 10.7. The lowest BCUT2D eigenvalue weighted by Gasteiger charge is -2.31. The number of benzene rings is 2. The minimum Gasteiger partial charge on any atom is -0.473 e. The molecule has 10 nitrogen and oxygen atoms in total. The molecule has 1 aliphatic heterocycles. The first-order valence-electron chi connectivity index (χ1n) is 13.9. The highest BCUT2D eigenvalue weighted by molar-refractivity contribution is 7.90. The number of hydrogen-bond donors (Lipinski definition) is 0. The molecule has 224 valence electrons. The third kappa shape index (κ3) is 7.36. The van der Waals surface area contributed by atoms with Crippen molar-refractivity contribution in [3.05, 3.63) is 88.6 Å². The van der Waals surface area contributed by atoms with E-state index >= 15 is 0 Å². The fourth-order valence-corrected chi connectivity index (χ4v) is 5.77. The molecule has 12 heteroatoms. The summed E-state index contributed by atoms with van der Waals surface area (Å²) in [6.07, 6.45) is 2.92. The third-order valence-electron chi connectivity index (χ3n) is 7.61. The van der Waals surface area contributed by atoms with Crippen LogP contribution in [0.2, 0.25) is 0 Å². The first kappa shape index (κ1) is 30.1. The Kier molecular flexibility index (Phi) is 9.03. The van der Waals surface area contributed by atoms with E-state index in [1.54, 1.807) is 36.4 Å². The second-order valence-corrected chi connectivity index (χ2v) is 12.9. The number of hydrogen-bond acceptors (Lipinski definition) is 9. The van der Waals surface area contributed by atoms with Gasteiger partial charge in [-0.25, -0.2) is 27.6 Å². The summed E-state index contributed by atoms with van der Waals surface area (Å²) in [6.45, 7) is 2.35. The highest BCUT2D eigenvalue weighted by Gasteiger charge is 2.24. The molecule has 1 aliphatic rings. The maximum Gasteiger partial charge on any atom is 0.337 e. The Bertz CT molecular complexity index is 1790. The summed E-state index contributed by atoms with van der Waals surface area (Å²) in [6, 6.07) is 16.9. The van der Waals surface area contributed by atoms with Crippen LogP contribution in [0.3, 0.4) is 0 Å². The minimum absolute atomic E-state index is 0.00783. The number of esters is 1. The summed E-state index contributed by atoms with van der Waals surface area (Å²) in [7, 11) is -1.90. The lowest BCUT2D eigenvalue weighted by Crippen LogP contribution is -2.33. The van der Waals surface area contributed by atoms with Gasteiger partial charge in [-0.2, -0.15) is 5.26 Å². The molecule has 2 aromatic carbocycles. The molecular formula is C31H32FN5O5S. The molecule has 4 aromatic rings. The number of aryl methyl sites for hydroxylation is 1. The van der Waals surface area contributed by atoms with Gasteiger partial charge in [-0.15, -0.1) is 0 Å². The van der Waals surface area contributed by atoms with Gasteiger partial charge in [0.15, 0.2) is 0 Å². The fourth-order valence-electron chi connectivity index (χ4n) is 5.26. The molecule has 1 fully saturated rings. The van der Waals surface area contributed by atoms with Crippen molar-refractivity contribution < 1.29 is 27.1 Å². The van der Waals surface area contributed by atoms with Crippen molar-refractivity contribution in [2.45, 2.75) is 38.5 Å². The molecule has 0 saturated carbocycles.